The van der Waals surface area contributed by atoms with E-state index in [4.69, 9.17) is 4.74 Å². The molecule has 1 N–H and O–H groups in total. The van der Waals surface area contributed by atoms with Crippen LogP contribution in [-0.2, 0) is 14.8 Å². The molecule has 0 aromatic heterocycles. The van der Waals surface area contributed by atoms with Gasteiger partial charge in [0.05, 0.1) is 18.6 Å². The molecule has 0 fully saturated rings. The molecule has 0 heterocycles. The Balaban J connectivity index is 2.26. The predicted molar refractivity (Wildman–Crippen MR) is 103 cm³/mol. The van der Waals surface area contributed by atoms with Gasteiger partial charge in [-0.05, 0) is 37.3 Å². The average Bonchev–Trinajstić information content (AvgIpc) is 2.53. The monoisotopic (exact) mass is 426 g/mol. The molecule has 2 aromatic rings. The number of benzene rings is 2. The fraction of sp³-hybridized carbons (Fsp3) is 0.235. The topological polar surface area (TPSA) is 75.7 Å². The zero-order valence-electron chi connectivity index (χ0n) is 13.9. The minimum Gasteiger partial charge on any atom is -0.492 e. The molecule has 1 amide bonds. The van der Waals surface area contributed by atoms with Gasteiger partial charge in [-0.15, -0.1) is 0 Å². The zero-order valence-corrected chi connectivity index (χ0v) is 16.3. The van der Waals surface area contributed by atoms with Gasteiger partial charge in [0.25, 0.3) is 0 Å². The molecule has 0 aliphatic rings. The van der Waals surface area contributed by atoms with E-state index in [0.29, 0.717) is 23.7 Å². The zero-order chi connectivity index (χ0) is 18.4. The van der Waals surface area contributed by atoms with Crippen LogP contribution in [0.2, 0.25) is 0 Å². The van der Waals surface area contributed by atoms with Crippen LogP contribution in [-0.4, -0.2) is 33.7 Å². The molecule has 134 valence electrons. The number of rotatable bonds is 7. The van der Waals surface area contributed by atoms with E-state index in [1.807, 2.05) is 13.0 Å². The maximum atomic E-state index is 12.3. The van der Waals surface area contributed by atoms with Crippen molar-refractivity contribution >= 4 is 43.2 Å². The average molecular weight is 427 g/mol. The SMILES string of the molecule is CCOc1ccccc1N(CC(=O)Nc1cccc(Br)c1)S(C)(=O)=O. The molecule has 0 atom stereocenters. The highest BCUT2D eigenvalue weighted by Crippen LogP contribution is 2.29. The standard InChI is InChI=1S/C17H19BrN2O4S/c1-3-24-16-10-5-4-9-15(16)20(25(2,22)23)12-17(21)19-14-8-6-7-13(18)11-14/h4-11H,3,12H2,1-2H3,(H,19,21). The third-order valence-electron chi connectivity index (χ3n) is 3.23. The summed E-state index contributed by atoms with van der Waals surface area (Å²) in [5.41, 5.74) is 0.905. The Bertz CT molecular complexity index is 855. The molecule has 0 saturated heterocycles. The molecule has 0 aliphatic heterocycles. The number of halogens is 1. The van der Waals surface area contributed by atoms with Crippen LogP contribution in [0.15, 0.2) is 53.0 Å². The maximum absolute atomic E-state index is 12.3. The second-order valence-corrected chi connectivity index (χ2v) is 8.05. The number of nitrogens with one attached hydrogen (secondary N) is 1. The lowest BCUT2D eigenvalue weighted by molar-refractivity contribution is -0.114. The van der Waals surface area contributed by atoms with Crippen LogP contribution >= 0.6 is 15.9 Å². The van der Waals surface area contributed by atoms with Gasteiger partial charge in [-0.2, -0.15) is 0 Å². The van der Waals surface area contributed by atoms with E-state index in [9.17, 15) is 13.2 Å². The van der Waals surface area contributed by atoms with Crippen LogP contribution in [0.5, 0.6) is 5.75 Å². The lowest BCUT2D eigenvalue weighted by Gasteiger charge is -2.24. The van der Waals surface area contributed by atoms with Crippen molar-refractivity contribution in [1.29, 1.82) is 0 Å². The summed E-state index contributed by atoms with van der Waals surface area (Å²) in [7, 11) is -3.67. The Kier molecular flexibility index (Phi) is 6.44. The Morgan fingerprint density at radius 3 is 2.56 bits per heavy atom. The molecule has 8 heteroatoms. The summed E-state index contributed by atoms with van der Waals surface area (Å²) in [5.74, 6) is -0.0412. The van der Waals surface area contributed by atoms with Crippen molar-refractivity contribution in [1.82, 2.24) is 0 Å². The summed E-state index contributed by atoms with van der Waals surface area (Å²) >= 11 is 3.32. The van der Waals surface area contributed by atoms with E-state index < -0.39 is 15.9 Å². The van der Waals surface area contributed by atoms with Crippen LogP contribution in [0.3, 0.4) is 0 Å². The molecule has 0 unspecified atom stereocenters. The largest absolute Gasteiger partial charge is 0.492 e. The Morgan fingerprint density at radius 1 is 1.20 bits per heavy atom. The van der Waals surface area contributed by atoms with Gasteiger partial charge in [0, 0.05) is 10.2 Å². The summed E-state index contributed by atoms with van der Waals surface area (Å²) < 4.78 is 31.8. The third kappa shape index (κ3) is 5.47. The number of amides is 1. The van der Waals surface area contributed by atoms with E-state index in [1.54, 1.807) is 42.5 Å². The molecule has 0 saturated carbocycles. The summed E-state index contributed by atoms with van der Waals surface area (Å²) in [4.78, 5) is 12.3. The number of ether oxygens (including phenoxy) is 1. The minimum atomic E-state index is -3.67. The van der Waals surface area contributed by atoms with Gasteiger partial charge in [-0.1, -0.05) is 34.1 Å². The molecule has 0 radical (unpaired) electrons. The molecule has 6 nitrogen and oxygen atoms in total. The van der Waals surface area contributed by atoms with Crippen molar-refractivity contribution in [3.8, 4) is 5.75 Å². The number of anilines is 2. The van der Waals surface area contributed by atoms with Crippen LogP contribution in [0, 0.1) is 0 Å². The number of hydrogen-bond acceptors (Lipinski definition) is 4. The highest BCUT2D eigenvalue weighted by Gasteiger charge is 2.23. The highest BCUT2D eigenvalue weighted by atomic mass is 79.9. The Labute approximate surface area is 156 Å². The summed E-state index contributed by atoms with van der Waals surface area (Å²) in [6, 6.07) is 13.8. The number of sulfonamides is 1. The smallest absolute Gasteiger partial charge is 0.245 e. The van der Waals surface area contributed by atoms with Crippen molar-refractivity contribution in [2.45, 2.75) is 6.92 Å². The fourth-order valence-electron chi connectivity index (χ4n) is 2.22. The van der Waals surface area contributed by atoms with Crippen LogP contribution in [0.4, 0.5) is 11.4 Å². The third-order valence-corrected chi connectivity index (χ3v) is 4.85. The van der Waals surface area contributed by atoms with Crippen molar-refractivity contribution in [2.75, 3.05) is 29.0 Å². The van der Waals surface area contributed by atoms with E-state index in [2.05, 4.69) is 21.2 Å². The first kappa shape index (κ1) is 19.3. The molecular formula is C17H19BrN2O4S. The van der Waals surface area contributed by atoms with Gasteiger partial charge < -0.3 is 10.1 Å². The van der Waals surface area contributed by atoms with Gasteiger partial charge in [0.15, 0.2) is 0 Å². The van der Waals surface area contributed by atoms with Crippen molar-refractivity contribution < 1.29 is 17.9 Å². The maximum Gasteiger partial charge on any atom is 0.245 e. The molecular weight excluding hydrogens is 408 g/mol. The molecule has 2 rings (SSSR count). The van der Waals surface area contributed by atoms with Crippen molar-refractivity contribution in [3.63, 3.8) is 0 Å². The summed E-state index contributed by atoms with van der Waals surface area (Å²) in [6.07, 6.45) is 1.06. The number of carbonyl (C=O) groups excluding carboxylic acids is 1. The van der Waals surface area contributed by atoms with Gasteiger partial charge in [-0.3, -0.25) is 9.10 Å². The van der Waals surface area contributed by atoms with Gasteiger partial charge in [0.2, 0.25) is 15.9 Å². The second-order valence-electron chi connectivity index (χ2n) is 5.23. The van der Waals surface area contributed by atoms with Gasteiger partial charge in [0.1, 0.15) is 12.3 Å². The van der Waals surface area contributed by atoms with Gasteiger partial charge in [-0.25, -0.2) is 8.42 Å². The molecule has 0 bridgehead atoms. The minimum absolute atomic E-state index is 0.330. The van der Waals surface area contributed by atoms with Crippen molar-refractivity contribution in [3.05, 3.63) is 53.0 Å². The van der Waals surface area contributed by atoms with E-state index >= 15 is 0 Å². The molecule has 2 aromatic carbocycles. The summed E-state index contributed by atoms with van der Waals surface area (Å²) in [5, 5.41) is 2.69. The van der Waals surface area contributed by atoms with E-state index in [-0.39, 0.29) is 6.54 Å². The molecule has 25 heavy (non-hydrogen) atoms. The van der Waals surface area contributed by atoms with Crippen LogP contribution < -0.4 is 14.4 Å². The predicted octanol–water partition coefficient (Wildman–Crippen LogP) is 3.25. The van der Waals surface area contributed by atoms with Gasteiger partial charge >= 0.3 is 0 Å². The lowest BCUT2D eigenvalue weighted by Crippen LogP contribution is -2.37. The number of hydrogen-bond donors (Lipinski definition) is 1. The van der Waals surface area contributed by atoms with E-state index in [0.717, 1.165) is 15.0 Å². The quantitative estimate of drug-likeness (QED) is 0.736. The fourth-order valence-corrected chi connectivity index (χ4v) is 3.48. The first-order valence-corrected chi connectivity index (χ1v) is 10.2. The molecule has 0 aliphatic carbocycles. The Hall–Kier alpha value is -2.06. The number of nitrogens with zero attached hydrogens (tertiary/aromatic N) is 1. The lowest BCUT2D eigenvalue weighted by atomic mass is 10.3. The van der Waals surface area contributed by atoms with Crippen LogP contribution in [0.1, 0.15) is 6.92 Å². The Morgan fingerprint density at radius 2 is 1.92 bits per heavy atom. The second kappa shape index (κ2) is 8.35. The number of para-hydroxylation sites is 2. The first-order chi connectivity index (χ1) is 11.8. The number of carbonyl (C=O) groups is 1. The van der Waals surface area contributed by atoms with Crippen LogP contribution in [0.25, 0.3) is 0 Å². The van der Waals surface area contributed by atoms with Crippen molar-refractivity contribution in [2.24, 2.45) is 0 Å². The summed E-state index contributed by atoms with van der Waals surface area (Å²) in [6.45, 7) is 1.84. The molecule has 0 spiro atoms. The normalized spacial score (nSPS) is 11.0. The highest BCUT2D eigenvalue weighted by molar-refractivity contribution is 9.10. The first-order valence-electron chi connectivity index (χ1n) is 7.56. The van der Waals surface area contributed by atoms with E-state index in [1.165, 1.54) is 0 Å².